The molecule has 0 saturated carbocycles. The number of carbonyl (C=O) groups is 1. The van der Waals surface area contributed by atoms with Crippen LogP contribution in [0.15, 0.2) is 0 Å². The Balaban J connectivity index is 0. The van der Waals surface area contributed by atoms with Crippen molar-refractivity contribution in [2.75, 3.05) is 6.54 Å². The normalized spacial score (nSPS) is 13.0. The van der Waals surface area contributed by atoms with E-state index >= 15 is 0 Å². The highest BCUT2D eigenvalue weighted by molar-refractivity contribution is 5.72. The highest BCUT2D eigenvalue weighted by atomic mass is 16.1. The van der Waals surface area contributed by atoms with Crippen LogP contribution >= 0.6 is 0 Å². The molecule has 0 aliphatic carbocycles. The molecular formula is C11H25NO. The minimum absolute atomic E-state index is 0. The molecule has 0 aliphatic rings. The Morgan fingerprint density at radius 1 is 1.46 bits per heavy atom. The monoisotopic (exact) mass is 187 g/mol. The quantitative estimate of drug-likeness (QED) is 0.680. The van der Waals surface area contributed by atoms with Crippen molar-refractivity contribution in [2.45, 2.75) is 47.0 Å². The van der Waals surface area contributed by atoms with Gasteiger partial charge < -0.3 is 5.32 Å². The van der Waals surface area contributed by atoms with Crippen LogP contribution in [-0.2, 0) is 4.79 Å². The molecule has 0 bridgehead atoms. The molecule has 0 saturated heterocycles. The van der Waals surface area contributed by atoms with Gasteiger partial charge >= 0.3 is 0 Å². The van der Waals surface area contributed by atoms with Crippen LogP contribution in [0, 0.1) is 11.8 Å². The maximum absolute atomic E-state index is 10.7. The Bertz CT molecular complexity index is 148. The van der Waals surface area contributed by atoms with E-state index in [1.807, 2.05) is 0 Å². The van der Waals surface area contributed by atoms with Crippen molar-refractivity contribution in [3.05, 3.63) is 0 Å². The van der Waals surface area contributed by atoms with E-state index in [-0.39, 0.29) is 7.33 Å². The number of nitrogens with one attached hydrogen (secondary N) is 1. The molecule has 1 unspecified atom stereocenters. The van der Waals surface area contributed by atoms with Crippen LogP contribution in [0.1, 0.15) is 48.4 Å². The summed E-state index contributed by atoms with van der Waals surface area (Å²) in [6.45, 7) is 9.07. The number of unbranched alkanes of at least 4 members (excludes halogenated alkanes) is 1. The Hall–Kier alpha value is -0.530. The molecule has 0 fully saturated rings. The SMILES string of the molecule is CCCCC(CNC(C)=O)C(C)C.[HH]. The molecule has 0 aromatic rings. The van der Waals surface area contributed by atoms with Gasteiger partial charge in [0.25, 0.3) is 0 Å². The first-order valence-corrected chi connectivity index (χ1v) is 5.32. The first kappa shape index (κ1) is 12.5. The van der Waals surface area contributed by atoms with Gasteiger partial charge in [-0.3, -0.25) is 4.79 Å². The molecule has 0 aromatic heterocycles. The first-order valence-electron chi connectivity index (χ1n) is 5.32. The molecule has 0 aliphatic heterocycles. The Morgan fingerprint density at radius 2 is 2.08 bits per heavy atom. The van der Waals surface area contributed by atoms with Gasteiger partial charge in [0.2, 0.25) is 5.91 Å². The van der Waals surface area contributed by atoms with Gasteiger partial charge in [-0.1, -0.05) is 33.6 Å². The first-order chi connectivity index (χ1) is 6.07. The maximum atomic E-state index is 10.7. The minimum Gasteiger partial charge on any atom is -0.356 e. The lowest BCUT2D eigenvalue weighted by Crippen LogP contribution is -2.29. The van der Waals surface area contributed by atoms with Crippen LogP contribution in [0.25, 0.3) is 0 Å². The van der Waals surface area contributed by atoms with Gasteiger partial charge in [-0.2, -0.15) is 0 Å². The van der Waals surface area contributed by atoms with E-state index in [4.69, 9.17) is 0 Å². The summed E-state index contributed by atoms with van der Waals surface area (Å²) >= 11 is 0. The molecule has 13 heavy (non-hydrogen) atoms. The molecule has 1 atom stereocenters. The van der Waals surface area contributed by atoms with Crippen molar-refractivity contribution in [1.82, 2.24) is 5.32 Å². The molecule has 0 radical (unpaired) electrons. The van der Waals surface area contributed by atoms with Gasteiger partial charge in [0, 0.05) is 14.9 Å². The lowest BCUT2D eigenvalue weighted by Gasteiger charge is -2.20. The molecule has 2 nitrogen and oxygen atoms in total. The number of carbonyl (C=O) groups excluding carboxylic acids is 1. The van der Waals surface area contributed by atoms with E-state index in [1.54, 1.807) is 6.92 Å². The molecular weight excluding hydrogens is 162 g/mol. The lowest BCUT2D eigenvalue weighted by atomic mass is 9.90. The lowest BCUT2D eigenvalue weighted by molar-refractivity contribution is -0.119. The summed E-state index contributed by atoms with van der Waals surface area (Å²) in [5.41, 5.74) is 0. The van der Waals surface area contributed by atoms with Crippen LogP contribution in [-0.4, -0.2) is 12.5 Å². The number of amides is 1. The second kappa shape index (κ2) is 6.93. The second-order valence-corrected chi connectivity index (χ2v) is 4.08. The molecule has 2 heteroatoms. The average molecular weight is 187 g/mol. The number of hydrogen-bond donors (Lipinski definition) is 1. The standard InChI is InChI=1S/C11H23NO.H2/c1-5-6-7-11(9(2)3)8-12-10(4)13;/h9,11H,5-8H2,1-4H3,(H,12,13);1H. The van der Waals surface area contributed by atoms with Crippen LogP contribution in [0.3, 0.4) is 0 Å². The third-order valence-corrected chi connectivity index (χ3v) is 2.48. The molecule has 80 valence electrons. The van der Waals surface area contributed by atoms with Crippen molar-refractivity contribution in [1.29, 1.82) is 0 Å². The predicted molar refractivity (Wildman–Crippen MR) is 58.7 cm³/mol. The summed E-state index contributed by atoms with van der Waals surface area (Å²) in [5.74, 6) is 1.39. The summed E-state index contributed by atoms with van der Waals surface area (Å²) in [4.78, 5) is 10.7. The van der Waals surface area contributed by atoms with Crippen LogP contribution < -0.4 is 5.32 Å². The number of rotatable bonds is 6. The zero-order chi connectivity index (χ0) is 10.3. The van der Waals surface area contributed by atoms with Crippen molar-refractivity contribution < 1.29 is 6.22 Å². The number of hydrogen-bond acceptors (Lipinski definition) is 1. The molecule has 1 amide bonds. The second-order valence-electron chi connectivity index (χ2n) is 4.08. The predicted octanol–water partition coefficient (Wildman–Crippen LogP) is 2.83. The maximum Gasteiger partial charge on any atom is 0.216 e. The van der Waals surface area contributed by atoms with Gasteiger partial charge in [-0.05, 0) is 18.3 Å². The van der Waals surface area contributed by atoms with Crippen LogP contribution in [0.4, 0.5) is 0 Å². The van der Waals surface area contributed by atoms with E-state index in [0.717, 1.165) is 6.54 Å². The van der Waals surface area contributed by atoms with Crippen LogP contribution in [0.5, 0.6) is 0 Å². The average Bonchev–Trinajstić information content (AvgIpc) is 2.03. The Labute approximate surface area is 83.6 Å². The Kier molecular flexibility index (Phi) is 6.65. The fourth-order valence-electron chi connectivity index (χ4n) is 1.41. The van der Waals surface area contributed by atoms with Gasteiger partial charge in [0.1, 0.15) is 0 Å². The van der Waals surface area contributed by atoms with Crippen molar-refractivity contribution >= 4 is 5.91 Å². The summed E-state index contributed by atoms with van der Waals surface area (Å²) < 4.78 is 0. The van der Waals surface area contributed by atoms with Crippen molar-refractivity contribution in [3.63, 3.8) is 0 Å². The van der Waals surface area contributed by atoms with Crippen LogP contribution in [0.2, 0.25) is 0 Å². The van der Waals surface area contributed by atoms with E-state index in [0.29, 0.717) is 11.8 Å². The minimum atomic E-state index is 0. The Morgan fingerprint density at radius 3 is 2.46 bits per heavy atom. The zero-order valence-electron chi connectivity index (χ0n) is 9.39. The van der Waals surface area contributed by atoms with E-state index < -0.39 is 0 Å². The van der Waals surface area contributed by atoms with E-state index in [2.05, 4.69) is 26.1 Å². The summed E-state index contributed by atoms with van der Waals surface area (Å²) in [7, 11) is 0. The highest BCUT2D eigenvalue weighted by Crippen LogP contribution is 2.16. The largest absolute Gasteiger partial charge is 0.356 e. The molecule has 0 heterocycles. The molecule has 0 spiro atoms. The smallest absolute Gasteiger partial charge is 0.216 e. The van der Waals surface area contributed by atoms with Crippen molar-refractivity contribution in [2.24, 2.45) is 11.8 Å². The zero-order valence-corrected chi connectivity index (χ0v) is 9.39. The van der Waals surface area contributed by atoms with Gasteiger partial charge in [-0.15, -0.1) is 0 Å². The highest BCUT2D eigenvalue weighted by Gasteiger charge is 2.12. The molecule has 0 rings (SSSR count). The topological polar surface area (TPSA) is 29.1 Å². The summed E-state index contributed by atoms with van der Waals surface area (Å²) in [6.07, 6.45) is 3.74. The van der Waals surface area contributed by atoms with Gasteiger partial charge in [0.05, 0.1) is 0 Å². The molecule has 1 N–H and O–H groups in total. The summed E-state index contributed by atoms with van der Waals surface area (Å²) in [5, 5.41) is 2.90. The van der Waals surface area contributed by atoms with Gasteiger partial charge in [0.15, 0.2) is 0 Å². The molecule has 0 aromatic carbocycles. The third-order valence-electron chi connectivity index (χ3n) is 2.48. The van der Waals surface area contributed by atoms with Gasteiger partial charge in [-0.25, -0.2) is 0 Å². The summed E-state index contributed by atoms with van der Waals surface area (Å²) in [6, 6.07) is 0. The fourth-order valence-corrected chi connectivity index (χ4v) is 1.41. The van der Waals surface area contributed by atoms with E-state index in [1.165, 1.54) is 19.3 Å². The van der Waals surface area contributed by atoms with Crippen molar-refractivity contribution in [3.8, 4) is 0 Å². The van der Waals surface area contributed by atoms with E-state index in [9.17, 15) is 4.79 Å². The third kappa shape index (κ3) is 6.62. The fraction of sp³-hybridized carbons (Fsp3) is 0.909.